The first kappa shape index (κ1) is 11.3. The van der Waals surface area contributed by atoms with Gasteiger partial charge in [-0.25, -0.2) is 9.97 Å². The number of rotatable bonds is 4. The minimum absolute atomic E-state index is 0.481. The third-order valence-electron chi connectivity index (χ3n) is 3.71. The van der Waals surface area contributed by atoms with Crippen LogP contribution in [-0.2, 0) is 6.54 Å². The van der Waals surface area contributed by atoms with Crippen molar-refractivity contribution in [2.24, 2.45) is 5.92 Å². The van der Waals surface area contributed by atoms with Crippen molar-refractivity contribution in [1.82, 2.24) is 19.5 Å². The zero-order chi connectivity index (χ0) is 12.5. The van der Waals surface area contributed by atoms with Crippen LogP contribution in [0.3, 0.4) is 0 Å². The highest BCUT2D eigenvalue weighted by atomic mass is 16.5. The number of hydrogen-bond acceptors (Lipinski definition) is 5. The van der Waals surface area contributed by atoms with Gasteiger partial charge in [0.15, 0.2) is 11.2 Å². The van der Waals surface area contributed by atoms with E-state index in [2.05, 4.69) is 15.0 Å². The van der Waals surface area contributed by atoms with Gasteiger partial charge in [-0.15, -0.1) is 0 Å². The van der Waals surface area contributed by atoms with Crippen molar-refractivity contribution in [3.05, 3.63) is 6.33 Å². The summed E-state index contributed by atoms with van der Waals surface area (Å²) in [5, 5.41) is 0. The molecule has 0 saturated heterocycles. The molecule has 96 valence electrons. The van der Waals surface area contributed by atoms with Crippen LogP contribution >= 0.6 is 0 Å². The Hall–Kier alpha value is -1.85. The molecule has 0 aliphatic heterocycles. The molecule has 1 saturated carbocycles. The maximum Gasteiger partial charge on any atom is 0.245 e. The van der Waals surface area contributed by atoms with Crippen LogP contribution in [0.4, 0.5) is 5.95 Å². The number of imidazole rings is 1. The number of nitrogens with zero attached hydrogens (tertiary/aromatic N) is 4. The van der Waals surface area contributed by atoms with E-state index in [4.69, 9.17) is 10.5 Å². The number of aryl methyl sites for hydroxylation is 1. The summed E-state index contributed by atoms with van der Waals surface area (Å²) < 4.78 is 7.13. The molecule has 0 amide bonds. The molecule has 1 aliphatic carbocycles. The Kier molecular flexibility index (Phi) is 2.77. The lowest BCUT2D eigenvalue weighted by atomic mass is 9.83. The van der Waals surface area contributed by atoms with Crippen molar-refractivity contribution < 1.29 is 4.74 Å². The molecule has 1 aliphatic rings. The summed E-state index contributed by atoms with van der Waals surface area (Å²) in [6.07, 6.45) is 6.67. The lowest BCUT2D eigenvalue weighted by Gasteiger charge is -2.25. The molecule has 18 heavy (non-hydrogen) atoms. The van der Waals surface area contributed by atoms with Crippen LogP contribution in [0.1, 0.15) is 25.7 Å². The second-order valence-corrected chi connectivity index (χ2v) is 4.76. The average Bonchev–Trinajstić information content (AvgIpc) is 2.64. The standard InChI is InChI=1S/C12H17N5O/c1-18-11-9-10(14-7-15-11)17(12(13)16-9)6-5-8-3-2-4-8/h7-8H,2-6H2,1H3,(H2,13,16). The Morgan fingerprint density at radius 3 is 2.94 bits per heavy atom. The predicted octanol–water partition coefficient (Wildman–Crippen LogP) is 1.61. The molecule has 0 spiro atoms. The van der Waals surface area contributed by atoms with Gasteiger partial charge >= 0.3 is 0 Å². The van der Waals surface area contributed by atoms with Crippen LogP contribution < -0.4 is 10.5 Å². The summed E-state index contributed by atoms with van der Waals surface area (Å²) >= 11 is 0. The SMILES string of the molecule is COc1ncnc2c1nc(N)n2CCC1CCC1. The predicted molar refractivity (Wildman–Crippen MR) is 68.2 cm³/mol. The average molecular weight is 247 g/mol. The van der Waals surface area contributed by atoms with E-state index in [0.717, 1.165) is 24.5 Å². The molecular weight excluding hydrogens is 230 g/mol. The van der Waals surface area contributed by atoms with E-state index in [1.165, 1.54) is 25.6 Å². The molecule has 2 heterocycles. The quantitative estimate of drug-likeness (QED) is 0.887. The largest absolute Gasteiger partial charge is 0.479 e. The fourth-order valence-electron chi connectivity index (χ4n) is 2.40. The van der Waals surface area contributed by atoms with Gasteiger partial charge in [0.05, 0.1) is 7.11 Å². The van der Waals surface area contributed by atoms with Crippen molar-refractivity contribution in [3.63, 3.8) is 0 Å². The Bertz CT molecular complexity index is 561. The van der Waals surface area contributed by atoms with E-state index in [9.17, 15) is 0 Å². The molecule has 0 bridgehead atoms. The van der Waals surface area contributed by atoms with Gasteiger partial charge in [-0.1, -0.05) is 19.3 Å². The molecule has 6 nitrogen and oxygen atoms in total. The summed E-state index contributed by atoms with van der Waals surface area (Å²) in [5.74, 6) is 1.81. The van der Waals surface area contributed by atoms with E-state index >= 15 is 0 Å². The molecular formula is C12H17N5O. The van der Waals surface area contributed by atoms with Gasteiger partial charge in [0.25, 0.3) is 0 Å². The minimum atomic E-state index is 0.481. The first-order valence-corrected chi connectivity index (χ1v) is 6.30. The Morgan fingerprint density at radius 1 is 1.44 bits per heavy atom. The number of methoxy groups -OCH3 is 1. The first-order valence-electron chi connectivity index (χ1n) is 6.30. The number of nitrogen functional groups attached to an aromatic ring is 1. The van der Waals surface area contributed by atoms with E-state index in [1.54, 1.807) is 7.11 Å². The second-order valence-electron chi connectivity index (χ2n) is 4.76. The molecule has 2 N–H and O–H groups in total. The Labute approximate surface area is 105 Å². The maximum absolute atomic E-state index is 5.95. The summed E-state index contributed by atoms with van der Waals surface area (Å²) in [5.41, 5.74) is 7.36. The lowest BCUT2D eigenvalue weighted by molar-refractivity contribution is 0.284. The zero-order valence-electron chi connectivity index (χ0n) is 10.5. The van der Waals surface area contributed by atoms with Crippen molar-refractivity contribution in [1.29, 1.82) is 0 Å². The fraction of sp³-hybridized carbons (Fsp3) is 0.583. The number of nitrogens with two attached hydrogens (primary N) is 1. The number of anilines is 1. The van der Waals surface area contributed by atoms with Gasteiger partial charge in [0, 0.05) is 6.54 Å². The molecule has 6 heteroatoms. The van der Waals surface area contributed by atoms with E-state index < -0.39 is 0 Å². The van der Waals surface area contributed by atoms with E-state index in [0.29, 0.717) is 17.3 Å². The van der Waals surface area contributed by atoms with Gasteiger partial charge in [-0.2, -0.15) is 4.98 Å². The van der Waals surface area contributed by atoms with Crippen LogP contribution in [0.25, 0.3) is 11.2 Å². The topological polar surface area (TPSA) is 78.8 Å². The van der Waals surface area contributed by atoms with Crippen LogP contribution in [0.2, 0.25) is 0 Å². The molecule has 0 radical (unpaired) electrons. The molecule has 1 fully saturated rings. The van der Waals surface area contributed by atoms with Crippen LogP contribution in [-0.4, -0.2) is 26.6 Å². The van der Waals surface area contributed by atoms with Crippen molar-refractivity contribution in [3.8, 4) is 5.88 Å². The molecule has 2 aromatic rings. The number of fused-ring (bicyclic) bond motifs is 1. The lowest BCUT2D eigenvalue weighted by Crippen LogP contribution is -2.15. The van der Waals surface area contributed by atoms with Crippen LogP contribution in [0.5, 0.6) is 5.88 Å². The van der Waals surface area contributed by atoms with Gasteiger partial charge in [0.2, 0.25) is 11.8 Å². The second kappa shape index (κ2) is 4.44. The highest BCUT2D eigenvalue weighted by Crippen LogP contribution is 2.31. The summed E-state index contributed by atoms with van der Waals surface area (Å²) in [4.78, 5) is 12.6. The fourth-order valence-corrected chi connectivity index (χ4v) is 2.40. The van der Waals surface area contributed by atoms with Crippen molar-refractivity contribution in [2.75, 3.05) is 12.8 Å². The molecule has 3 rings (SSSR count). The third-order valence-corrected chi connectivity index (χ3v) is 3.71. The van der Waals surface area contributed by atoms with Crippen molar-refractivity contribution >= 4 is 17.1 Å². The van der Waals surface area contributed by atoms with Crippen LogP contribution in [0, 0.1) is 5.92 Å². The van der Waals surface area contributed by atoms with Crippen LogP contribution in [0.15, 0.2) is 6.33 Å². The van der Waals surface area contributed by atoms with Gasteiger partial charge in [-0.05, 0) is 12.3 Å². The minimum Gasteiger partial charge on any atom is -0.479 e. The normalized spacial score (nSPS) is 15.8. The van der Waals surface area contributed by atoms with E-state index in [-0.39, 0.29) is 0 Å². The van der Waals surface area contributed by atoms with Crippen molar-refractivity contribution in [2.45, 2.75) is 32.2 Å². The first-order chi connectivity index (χ1) is 8.79. The third kappa shape index (κ3) is 1.77. The molecule has 0 unspecified atom stereocenters. The molecule has 2 aromatic heterocycles. The zero-order valence-corrected chi connectivity index (χ0v) is 10.5. The number of hydrogen-bond donors (Lipinski definition) is 1. The summed E-state index contributed by atoms with van der Waals surface area (Å²) in [6, 6.07) is 0. The van der Waals surface area contributed by atoms with Gasteiger partial charge in [-0.3, -0.25) is 4.57 Å². The van der Waals surface area contributed by atoms with Gasteiger partial charge in [0.1, 0.15) is 6.33 Å². The maximum atomic E-state index is 5.95. The van der Waals surface area contributed by atoms with E-state index in [1.807, 2.05) is 4.57 Å². The summed E-state index contributed by atoms with van der Waals surface area (Å²) in [7, 11) is 1.57. The number of ether oxygens (including phenoxy) is 1. The molecule has 0 atom stereocenters. The Morgan fingerprint density at radius 2 is 2.28 bits per heavy atom. The highest BCUT2D eigenvalue weighted by Gasteiger charge is 2.19. The van der Waals surface area contributed by atoms with Gasteiger partial charge < -0.3 is 10.5 Å². The smallest absolute Gasteiger partial charge is 0.245 e. The summed E-state index contributed by atoms with van der Waals surface area (Å²) in [6.45, 7) is 0.868. The number of aromatic nitrogens is 4. The highest BCUT2D eigenvalue weighted by molar-refractivity contribution is 5.78. The monoisotopic (exact) mass is 247 g/mol. The Balaban J connectivity index is 1.92. The molecule has 0 aromatic carbocycles.